The van der Waals surface area contributed by atoms with Gasteiger partial charge in [0.2, 0.25) is 5.91 Å². The van der Waals surface area contributed by atoms with E-state index in [1.165, 1.54) is 6.26 Å². The van der Waals surface area contributed by atoms with E-state index in [2.05, 4.69) is 10.2 Å². The number of benzene rings is 1. The van der Waals surface area contributed by atoms with Gasteiger partial charge in [0, 0.05) is 44.5 Å². The average molecular weight is 354 g/mol. The van der Waals surface area contributed by atoms with Crippen molar-refractivity contribution in [2.24, 2.45) is 0 Å². The number of rotatable bonds is 8. The van der Waals surface area contributed by atoms with Gasteiger partial charge in [-0.3, -0.25) is 9.69 Å². The maximum atomic E-state index is 12.0. The molecule has 1 aliphatic heterocycles. The molecular formula is C17H26N2O4S. The summed E-state index contributed by atoms with van der Waals surface area (Å²) in [5, 5.41) is 3.03. The van der Waals surface area contributed by atoms with Crippen molar-refractivity contribution < 1.29 is 17.9 Å². The molecule has 1 aromatic rings. The topological polar surface area (TPSA) is 75.7 Å². The number of likely N-dealkylation sites (tertiary alicyclic amines) is 1. The summed E-state index contributed by atoms with van der Waals surface area (Å²) < 4.78 is 28.0. The Labute approximate surface area is 144 Å². The molecule has 0 aliphatic carbocycles. The van der Waals surface area contributed by atoms with E-state index >= 15 is 0 Å². The van der Waals surface area contributed by atoms with Crippen molar-refractivity contribution in [1.82, 2.24) is 10.2 Å². The number of carbonyl (C=O) groups is 1. The van der Waals surface area contributed by atoms with E-state index in [4.69, 9.17) is 4.74 Å². The highest BCUT2D eigenvalue weighted by atomic mass is 32.2. The van der Waals surface area contributed by atoms with Crippen LogP contribution in [-0.4, -0.2) is 70.1 Å². The standard InChI is InChI=1S/C17H26N2O4S/c1-3-23-13-17(20)18-16-12-19(9-10-24(2,21)22)11-15(16)14-7-5-4-6-8-14/h4-8,15-16H,3,9-13H2,1-2H3,(H,18,20)/t15-,16+/m1/s1. The van der Waals surface area contributed by atoms with E-state index in [1.54, 1.807) is 0 Å². The van der Waals surface area contributed by atoms with Crippen LogP contribution in [0.4, 0.5) is 0 Å². The lowest BCUT2D eigenvalue weighted by Gasteiger charge is -2.20. The Bertz CT molecular complexity index is 633. The monoisotopic (exact) mass is 354 g/mol. The van der Waals surface area contributed by atoms with Gasteiger partial charge in [-0.05, 0) is 12.5 Å². The first-order valence-corrected chi connectivity index (χ1v) is 10.3. The fourth-order valence-corrected chi connectivity index (χ4v) is 3.58. The number of nitrogens with zero attached hydrogens (tertiary/aromatic N) is 1. The van der Waals surface area contributed by atoms with E-state index in [-0.39, 0.29) is 30.2 Å². The Hall–Kier alpha value is -1.44. The first-order valence-electron chi connectivity index (χ1n) is 8.21. The number of carbonyl (C=O) groups excluding carboxylic acids is 1. The van der Waals surface area contributed by atoms with Gasteiger partial charge in [-0.2, -0.15) is 0 Å². The lowest BCUT2D eigenvalue weighted by molar-refractivity contribution is -0.126. The summed E-state index contributed by atoms with van der Waals surface area (Å²) in [6.45, 7) is 4.27. The Balaban J connectivity index is 2.04. The number of ether oxygens (including phenoxy) is 1. The van der Waals surface area contributed by atoms with Crippen LogP contribution in [0, 0.1) is 0 Å². The molecule has 1 fully saturated rings. The van der Waals surface area contributed by atoms with Gasteiger partial charge in [0.25, 0.3) is 0 Å². The van der Waals surface area contributed by atoms with Crippen molar-refractivity contribution in [3.05, 3.63) is 35.9 Å². The molecule has 1 saturated heterocycles. The molecule has 1 aromatic carbocycles. The van der Waals surface area contributed by atoms with E-state index in [1.807, 2.05) is 37.3 Å². The third kappa shape index (κ3) is 5.89. The van der Waals surface area contributed by atoms with Crippen LogP contribution in [-0.2, 0) is 19.4 Å². The fourth-order valence-electron chi connectivity index (χ4n) is 2.99. The molecule has 7 heteroatoms. The zero-order chi connectivity index (χ0) is 17.6. The molecule has 2 rings (SSSR count). The molecule has 0 spiro atoms. The fraction of sp³-hybridized carbons (Fsp3) is 0.588. The minimum absolute atomic E-state index is 0.0417. The zero-order valence-corrected chi connectivity index (χ0v) is 15.1. The summed E-state index contributed by atoms with van der Waals surface area (Å²) in [6.07, 6.45) is 1.25. The van der Waals surface area contributed by atoms with Crippen LogP contribution >= 0.6 is 0 Å². The molecule has 1 heterocycles. The maximum Gasteiger partial charge on any atom is 0.246 e. The van der Waals surface area contributed by atoms with Crippen molar-refractivity contribution in [2.75, 3.05) is 44.9 Å². The number of hydrogen-bond acceptors (Lipinski definition) is 5. The Kier molecular flexibility index (Phi) is 6.77. The zero-order valence-electron chi connectivity index (χ0n) is 14.3. The number of amides is 1. The van der Waals surface area contributed by atoms with E-state index < -0.39 is 9.84 Å². The van der Waals surface area contributed by atoms with Gasteiger partial charge in [0.1, 0.15) is 16.4 Å². The predicted molar refractivity (Wildman–Crippen MR) is 93.8 cm³/mol. The molecule has 1 aliphatic rings. The van der Waals surface area contributed by atoms with Gasteiger partial charge in [0.05, 0.1) is 5.75 Å². The maximum absolute atomic E-state index is 12.0. The van der Waals surface area contributed by atoms with Gasteiger partial charge in [-0.15, -0.1) is 0 Å². The molecular weight excluding hydrogens is 328 g/mol. The van der Waals surface area contributed by atoms with Gasteiger partial charge < -0.3 is 10.1 Å². The van der Waals surface area contributed by atoms with Crippen LogP contribution in [0.15, 0.2) is 30.3 Å². The van der Waals surface area contributed by atoms with Crippen molar-refractivity contribution in [3.8, 4) is 0 Å². The number of sulfone groups is 1. The summed E-state index contributed by atoms with van der Waals surface area (Å²) in [6, 6.07) is 9.97. The Morgan fingerprint density at radius 2 is 2.00 bits per heavy atom. The normalized spacial score (nSPS) is 21.8. The summed E-state index contributed by atoms with van der Waals surface area (Å²) in [5.74, 6) is 0.151. The van der Waals surface area contributed by atoms with Crippen molar-refractivity contribution in [3.63, 3.8) is 0 Å². The highest BCUT2D eigenvalue weighted by molar-refractivity contribution is 7.90. The van der Waals surface area contributed by atoms with Crippen LogP contribution in [0.5, 0.6) is 0 Å². The minimum atomic E-state index is -3.00. The second kappa shape index (κ2) is 8.60. The molecule has 0 saturated carbocycles. The third-order valence-electron chi connectivity index (χ3n) is 4.19. The molecule has 134 valence electrons. The lowest BCUT2D eigenvalue weighted by Crippen LogP contribution is -2.41. The molecule has 2 atom stereocenters. The number of nitrogens with one attached hydrogen (secondary N) is 1. The summed E-state index contributed by atoms with van der Waals surface area (Å²) in [7, 11) is -3.00. The molecule has 0 radical (unpaired) electrons. The number of hydrogen-bond donors (Lipinski definition) is 1. The van der Waals surface area contributed by atoms with Gasteiger partial charge in [-0.25, -0.2) is 8.42 Å². The molecule has 0 bridgehead atoms. The van der Waals surface area contributed by atoms with E-state index in [0.717, 1.165) is 12.1 Å². The van der Waals surface area contributed by atoms with Crippen LogP contribution in [0.2, 0.25) is 0 Å². The average Bonchev–Trinajstić information content (AvgIpc) is 2.94. The van der Waals surface area contributed by atoms with Crippen LogP contribution in [0.25, 0.3) is 0 Å². The molecule has 1 amide bonds. The minimum Gasteiger partial charge on any atom is -0.372 e. The summed E-state index contributed by atoms with van der Waals surface area (Å²) >= 11 is 0. The largest absolute Gasteiger partial charge is 0.372 e. The Morgan fingerprint density at radius 1 is 1.29 bits per heavy atom. The second-order valence-corrected chi connectivity index (χ2v) is 8.48. The molecule has 24 heavy (non-hydrogen) atoms. The van der Waals surface area contributed by atoms with Gasteiger partial charge >= 0.3 is 0 Å². The second-order valence-electron chi connectivity index (χ2n) is 6.22. The first-order chi connectivity index (χ1) is 11.4. The molecule has 1 N–H and O–H groups in total. The Morgan fingerprint density at radius 3 is 2.62 bits per heavy atom. The summed E-state index contributed by atoms with van der Waals surface area (Å²) in [5.41, 5.74) is 1.15. The van der Waals surface area contributed by atoms with Crippen LogP contribution in [0.3, 0.4) is 0 Å². The molecule has 0 unspecified atom stereocenters. The van der Waals surface area contributed by atoms with Crippen LogP contribution < -0.4 is 5.32 Å². The van der Waals surface area contributed by atoms with Crippen molar-refractivity contribution in [1.29, 1.82) is 0 Å². The van der Waals surface area contributed by atoms with E-state index in [9.17, 15) is 13.2 Å². The SMILES string of the molecule is CCOCC(=O)N[C@H]1CN(CCS(C)(=O)=O)C[C@@H]1c1ccccc1. The predicted octanol–water partition coefficient (Wildman–Crippen LogP) is 0.652. The highest BCUT2D eigenvalue weighted by Crippen LogP contribution is 2.27. The summed E-state index contributed by atoms with van der Waals surface area (Å²) in [4.78, 5) is 14.1. The quantitative estimate of drug-likeness (QED) is 0.742. The highest BCUT2D eigenvalue weighted by Gasteiger charge is 2.34. The van der Waals surface area contributed by atoms with Crippen molar-refractivity contribution in [2.45, 2.75) is 18.9 Å². The lowest BCUT2D eigenvalue weighted by atomic mass is 9.94. The smallest absolute Gasteiger partial charge is 0.246 e. The van der Waals surface area contributed by atoms with Crippen LogP contribution in [0.1, 0.15) is 18.4 Å². The van der Waals surface area contributed by atoms with Gasteiger partial charge in [-0.1, -0.05) is 30.3 Å². The van der Waals surface area contributed by atoms with Crippen molar-refractivity contribution >= 4 is 15.7 Å². The van der Waals surface area contributed by atoms with Gasteiger partial charge in [0.15, 0.2) is 0 Å². The molecule has 6 nitrogen and oxygen atoms in total. The first kappa shape index (κ1) is 18.9. The van der Waals surface area contributed by atoms with E-state index in [0.29, 0.717) is 19.7 Å². The molecule has 0 aromatic heterocycles. The third-order valence-corrected chi connectivity index (χ3v) is 5.11.